The Labute approximate surface area is 116 Å². The Morgan fingerprint density at radius 1 is 1.21 bits per heavy atom. The second-order valence-corrected chi connectivity index (χ2v) is 6.14. The van der Waals surface area contributed by atoms with Gasteiger partial charge in [-0.25, -0.2) is 0 Å². The van der Waals surface area contributed by atoms with Gasteiger partial charge in [-0.3, -0.25) is 9.58 Å². The summed E-state index contributed by atoms with van der Waals surface area (Å²) in [7, 11) is 4.10. The predicted molar refractivity (Wildman–Crippen MR) is 77.0 cm³/mol. The summed E-state index contributed by atoms with van der Waals surface area (Å²) < 4.78 is 1.92. The summed E-state index contributed by atoms with van der Waals surface area (Å²) in [4.78, 5) is 2.75. The molecule has 1 aromatic heterocycles. The first kappa shape index (κ1) is 13.1. The maximum Gasteiger partial charge on any atom is 0.0812 e. The zero-order chi connectivity index (χ0) is 13.3. The average Bonchev–Trinajstić information content (AvgIpc) is 3.10. The fourth-order valence-corrected chi connectivity index (χ4v) is 4.22. The number of hydrogen-bond acceptors (Lipinski definition) is 3. The van der Waals surface area contributed by atoms with E-state index in [0.29, 0.717) is 11.6 Å². The molecule has 0 aromatic carbocycles. The maximum atomic E-state index is 4.67. The van der Waals surface area contributed by atoms with Gasteiger partial charge in [-0.05, 0) is 51.9 Å². The molecule has 4 nitrogen and oxygen atoms in total. The van der Waals surface area contributed by atoms with Gasteiger partial charge in [0.15, 0.2) is 0 Å². The van der Waals surface area contributed by atoms with Gasteiger partial charge >= 0.3 is 0 Å². The van der Waals surface area contributed by atoms with Crippen LogP contribution in [0.4, 0.5) is 0 Å². The van der Waals surface area contributed by atoms with Crippen molar-refractivity contribution in [3.8, 4) is 0 Å². The Balaban J connectivity index is 1.93. The van der Waals surface area contributed by atoms with Gasteiger partial charge in [0.2, 0.25) is 0 Å². The highest BCUT2D eigenvalue weighted by molar-refractivity contribution is 5.16. The Hall–Kier alpha value is -0.870. The van der Waals surface area contributed by atoms with Crippen molar-refractivity contribution in [1.82, 2.24) is 20.0 Å². The van der Waals surface area contributed by atoms with Crippen molar-refractivity contribution in [2.75, 3.05) is 20.1 Å². The van der Waals surface area contributed by atoms with E-state index in [4.69, 9.17) is 0 Å². The minimum Gasteiger partial charge on any atom is -0.310 e. The third kappa shape index (κ3) is 2.21. The van der Waals surface area contributed by atoms with Crippen molar-refractivity contribution >= 4 is 0 Å². The average molecular weight is 262 g/mol. The summed E-state index contributed by atoms with van der Waals surface area (Å²) >= 11 is 0. The lowest BCUT2D eigenvalue weighted by molar-refractivity contribution is 0.0777. The molecule has 2 fully saturated rings. The zero-order valence-corrected chi connectivity index (χ0v) is 12.2. The van der Waals surface area contributed by atoms with Crippen LogP contribution >= 0.6 is 0 Å². The molecule has 1 saturated carbocycles. The molecule has 1 atom stereocenters. The Morgan fingerprint density at radius 3 is 2.42 bits per heavy atom. The van der Waals surface area contributed by atoms with E-state index >= 15 is 0 Å². The molecule has 1 aliphatic heterocycles. The highest BCUT2D eigenvalue weighted by Gasteiger charge is 2.47. The Bertz CT molecular complexity index is 414. The van der Waals surface area contributed by atoms with E-state index in [2.05, 4.69) is 34.6 Å². The van der Waals surface area contributed by atoms with Crippen molar-refractivity contribution < 1.29 is 0 Å². The van der Waals surface area contributed by atoms with Gasteiger partial charge in [0.1, 0.15) is 0 Å². The summed E-state index contributed by atoms with van der Waals surface area (Å²) in [6.45, 7) is 2.54. The highest BCUT2D eigenvalue weighted by atomic mass is 15.3. The molecule has 0 bridgehead atoms. The number of hydrogen-bond donors (Lipinski definition) is 1. The molecule has 4 heteroatoms. The molecule has 19 heavy (non-hydrogen) atoms. The molecule has 1 saturated heterocycles. The van der Waals surface area contributed by atoms with E-state index in [1.165, 1.54) is 57.3 Å². The normalized spacial score (nSPS) is 24.9. The van der Waals surface area contributed by atoms with Crippen LogP contribution in [0, 0.1) is 0 Å². The first-order valence-corrected chi connectivity index (χ1v) is 7.68. The first-order chi connectivity index (χ1) is 9.26. The van der Waals surface area contributed by atoms with Crippen LogP contribution in [0.25, 0.3) is 0 Å². The van der Waals surface area contributed by atoms with Gasteiger partial charge in [-0.1, -0.05) is 12.8 Å². The summed E-state index contributed by atoms with van der Waals surface area (Å²) in [6.07, 6.45) is 10.1. The molecule has 3 rings (SSSR count). The number of likely N-dealkylation sites (tertiary alicyclic amines) is 1. The molecule has 0 radical (unpaired) electrons. The van der Waals surface area contributed by atoms with E-state index in [0.717, 1.165) is 0 Å². The summed E-state index contributed by atoms with van der Waals surface area (Å²) in [5, 5.41) is 8.24. The third-order valence-electron chi connectivity index (χ3n) is 5.06. The van der Waals surface area contributed by atoms with Crippen molar-refractivity contribution in [3.63, 3.8) is 0 Å². The molecule has 1 aliphatic carbocycles. The van der Waals surface area contributed by atoms with E-state index in [9.17, 15) is 0 Å². The van der Waals surface area contributed by atoms with Crippen molar-refractivity contribution in [2.24, 2.45) is 7.05 Å². The number of nitrogens with zero attached hydrogens (tertiary/aromatic N) is 3. The SMILES string of the molecule is CNC(c1ccn(C)n1)C1(N2CCCC2)CCCC1. The van der Waals surface area contributed by atoms with Crippen LogP contribution in [-0.4, -0.2) is 40.4 Å². The second-order valence-electron chi connectivity index (χ2n) is 6.14. The molecule has 1 unspecified atom stereocenters. The Kier molecular flexibility index (Phi) is 3.63. The lowest BCUT2D eigenvalue weighted by Crippen LogP contribution is -2.53. The first-order valence-electron chi connectivity index (χ1n) is 7.68. The molecular formula is C15H26N4. The molecular weight excluding hydrogens is 236 g/mol. The van der Waals surface area contributed by atoms with Crippen molar-refractivity contribution in [1.29, 1.82) is 0 Å². The lowest BCUT2D eigenvalue weighted by atomic mass is 9.84. The number of nitrogens with one attached hydrogen (secondary N) is 1. The zero-order valence-electron chi connectivity index (χ0n) is 12.2. The van der Waals surface area contributed by atoms with E-state index in [1.807, 2.05) is 11.7 Å². The van der Waals surface area contributed by atoms with E-state index in [1.54, 1.807) is 0 Å². The van der Waals surface area contributed by atoms with Crippen LogP contribution in [0.3, 0.4) is 0 Å². The van der Waals surface area contributed by atoms with Crippen molar-refractivity contribution in [3.05, 3.63) is 18.0 Å². The number of rotatable bonds is 4. The van der Waals surface area contributed by atoms with Gasteiger partial charge in [0, 0.05) is 18.8 Å². The quantitative estimate of drug-likeness (QED) is 0.902. The molecule has 0 amide bonds. The standard InChI is InChI=1S/C15H26N4/c1-16-14(13-7-12-18(2)17-13)15(8-3-4-9-15)19-10-5-6-11-19/h7,12,14,16H,3-6,8-11H2,1-2H3. The minimum atomic E-state index is 0.305. The third-order valence-corrected chi connectivity index (χ3v) is 5.06. The maximum absolute atomic E-state index is 4.67. The second kappa shape index (κ2) is 5.25. The smallest absolute Gasteiger partial charge is 0.0812 e. The van der Waals surface area contributed by atoms with Gasteiger partial charge in [0.05, 0.1) is 11.7 Å². The van der Waals surface area contributed by atoms with E-state index in [-0.39, 0.29) is 0 Å². The number of likely N-dealkylation sites (N-methyl/N-ethyl adjacent to an activating group) is 1. The summed E-state index contributed by atoms with van der Waals surface area (Å²) in [6, 6.07) is 2.55. The molecule has 2 heterocycles. The lowest BCUT2D eigenvalue weighted by Gasteiger charge is -2.44. The minimum absolute atomic E-state index is 0.305. The number of aryl methyl sites for hydroxylation is 1. The molecule has 0 spiro atoms. The van der Waals surface area contributed by atoms with Crippen LogP contribution in [-0.2, 0) is 7.05 Å². The predicted octanol–water partition coefficient (Wildman–Crippen LogP) is 2.09. The fraction of sp³-hybridized carbons (Fsp3) is 0.800. The van der Waals surface area contributed by atoms with Crippen LogP contribution in [0.2, 0.25) is 0 Å². The van der Waals surface area contributed by atoms with Gasteiger partial charge < -0.3 is 5.32 Å². The largest absolute Gasteiger partial charge is 0.310 e. The van der Waals surface area contributed by atoms with Gasteiger partial charge in [-0.2, -0.15) is 5.10 Å². The Morgan fingerprint density at radius 2 is 1.89 bits per heavy atom. The van der Waals surface area contributed by atoms with Crippen LogP contribution < -0.4 is 5.32 Å². The van der Waals surface area contributed by atoms with Crippen molar-refractivity contribution in [2.45, 2.75) is 50.1 Å². The molecule has 1 N–H and O–H groups in total. The van der Waals surface area contributed by atoms with Gasteiger partial charge in [-0.15, -0.1) is 0 Å². The topological polar surface area (TPSA) is 33.1 Å². The van der Waals surface area contributed by atoms with Crippen LogP contribution in [0.15, 0.2) is 12.3 Å². The van der Waals surface area contributed by atoms with Crippen LogP contribution in [0.1, 0.15) is 50.3 Å². The van der Waals surface area contributed by atoms with Gasteiger partial charge in [0.25, 0.3) is 0 Å². The van der Waals surface area contributed by atoms with E-state index < -0.39 is 0 Å². The molecule has 1 aromatic rings. The molecule has 106 valence electrons. The molecule has 2 aliphatic rings. The highest BCUT2D eigenvalue weighted by Crippen LogP contribution is 2.45. The summed E-state index contributed by atoms with van der Waals surface area (Å²) in [5.74, 6) is 0. The fourth-order valence-electron chi connectivity index (χ4n) is 4.22. The number of aromatic nitrogens is 2. The summed E-state index contributed by atoms with van der Waals surface area (Å²) in [5.41, 5.74) is 1.51. The van der Waals surface area contributed by atoms with Crippen LogP contribution in [0.5, 0.6) is 0 Å². The monoisotopic (exact) mass is 262 g/mol.